The van der Waals surface area contributed by atoms with Gasteiger partial charge in [-0.15, -0.1) is 0 Å². The molecule has 4 radical (unpaired) electrons. The maximum Gasteiger partial charge on any atom is 0.476 e. The van der Waals surface area contributed by atoms with Crippen LogP contribution in [0, 0.1) is 0 Å². The summed E-state index contributed by atoms with van der Waals surface area (Å²) in [6.45, 7) is 5.83. The zero-order valence-electron chi connectivity index (χ0n) is 6.72. The van der Waals surface area contributed by atoms with Crippen LogP contribution in [-0.2, 0) is 12.7 Å². The summed E-state index contributed by atoms with van der Waals surface area (Å²) in [6, 6.07) is 0. The minimum atomic E-state index is -2.20. The third kappa shape index (κ3) is 3.64. The molecule has 0 amide bonds. The minimum Gasteiger partial charge on any atom is -0.416 e. The summed E-state index contributed by atoms with van der Waals surface area (Å²) in [6.07, 6.45) is 0. The summed E-state index contributed by atoms with van der Waals surface area (Å²) in [5, 5.41) is 0. The summed E-state index contributed by atoms with van der Waals surface area (Å²) < 4.78 is 15.8. The Hall–Kier alpha value is 0.531. The van der Waals surface area contributed by atoms with Crippen molar-refractivity contribution in [3.05, 3.63) is 0 Å². The van der Waals surface area contributed by atoms with E-state index in [1.807, 2.05) is 19.6 Å². The molecule has 0 aliphatic carbocycles. The Morgan fingerprint density at radius 2 is 1.50 bits per heavy atom. The molecule has 0 spiro atoms. The molecule has 0 unspecified atom stereocenters. The van der Waals surface area contributed by atoms with Crippen LogP contribution >= 0.6 is 0 Å². The Morgan fingerprint density at radius 3 is 1.70 bits per heavy atom. The van der Waals surface area contributed by atoms with Crippen molar-refractivity contribution < 1.29 is 12.7 Å². The van der Waals surface area contributed by atoms with Crippen LogP contribution in [-0.4, -0.2) is 35.4 Å². The van der Waals surface area contributed by atoms with Crippen LogP contribution in [0.1, 0.15) is 0 Å². The van der Waals surface area contributed by atoms with E-state index in [2.05, 4.69) is 0 Å². The van der Waals surface area contributed by atoms with Gasteiger partial charge in [-0.3, -0.25) is 0 Å². The fraction of sp³-hybridized carbons (Fsp3) is 1.00. The SMILES string of the molecule is CO[Si](C)(O[Si]C)O[Si]C. The first-order chi connectivity index (χ1) is 4.68. The van der Waals surface area contributed by atoms with Crippen LogP contribution in [0.3, 0.4) is 0 Å². The molecule has 3 nitrogen and oxygen atoms in total. The van der Waals surface area contributed by atoms with Gasteiger partial charge >= 0.3 is 8.80 Å². The Balaban J connectivity index is 3.69. The van der Waals surface area contributed by atoms with Crippen molar-refractivity contribution in [2.45, 2.75) is 19.6 Å². The fourth-order valence-electron chi connectivity index (χ4n) is 0.475. The zero-order chi connectivity index (χ0) is 8.04. The summed E-state index contributed by atoms with van der Waals surface area (Å²) in [5.74, 6) is 0. The normalized spacial score (nSPS) is 12.0. The average Bonchev–Trinajstić information content (AvgIpc) is 1.89. The van der Waals surface area contributed by atoms with Crippen LogP contribution in [0.5, 0.6) is 0 Å². The fourth-order valence-corrected chi connectivity index (χ4v) is 4.65. The van der Waals surface area contributed by atoms with E-state index in [0.29, 0.717) is 19.5 Å². The molecule has 0 aromatic rings. The third-order valence-corrected chi connectivity index (χ3v) is 6.29. The molecule has 0 aromatic heterocycles. The maximum atomic E-state index is 5.35. The topological polar surface area (TPSA) is 27.7 Å². The second-order valence-electron chi connectivity index (χ2n) is 1.68. The molecule has 58 valence electrons. The maximum absolute atomic E-state index is 5.35. The van der Waals surface area contributed by atoms with Crippen molar-refractivity contribution in [2.75, 3.05) is 7.11 Å². The molecular formula is C4H12O3Si3. The van der Waals surface area contributed by atoms with Crippen LogP contribution in [0.25, 0.3) is 0 Å². The Kier molecular flexibility index (Phi) is 5.49. The van der Waals surface area contributed by atoms with Crippen LogP contribution in [0.4, 0.5) is 0 Å². The van der Waals surface area contributed by atoms with Gasteiger partial charge in [0.25, 0.3) is 0 Å². The zero-order valence-corrected chi connectivity index (χ0v) is 9.72. The van der Waals surface area contributed by atoms with Crippen molar-refractivity contribution in [1.82, 2.24) is 0 Å². The van der Waals surface area contributed by atoms with Gasteiger partial charge in [0.1, 0.15) is 0 Å². The van der Waals surface area contributed by atoms with Crippen LogP contribution in [0.15, 0.2) is 0 Å². The lowest BCUT2D eigenvalue weighted by molar-refractivity contribution is 0.223. The first-order valence-electron chi connectivity index (χ1n) is 2.93. The van der Waals surface area contributed by atoms with Crippen molar-refractivity contribution >= 4 is 28.3 Å². The van der Waals surface area contributed by atoms with Crippen molar-refractivity contribution in [3.63, 3.8) is 0 Å². The molecule has 0 rings (SSSR count). The third-order valence-electron chi connectivity index (χ3n) is 0.946. The highest BCUT2D eigenvalue weighted by Crippen LogP contribution is 2.04. The van der Waals surface area contributed by atoms with Gasteiger partial charge < -0.3 is 12.7 Å². The lowest BCUT2D eigenvalue weighted by Gasteiger charge is -2.22. The van der Waals surface area contributed by atoms with E-state index < -0.39 is 8.80 Å². The lowest BCUT2D eigenvalue weighted by atomic mass is 11.8. The van der Waals surface area contributed by atoms with Crippen molar-refractivity contribution in [1.29, 1.82) is 0 Å². The first kappa shape index (κ1) is 10.5. The summed E-state index contributed by atoms with van der Waals surface area (Å²) in [4.78, 5) is 0. The molecule has 0 saturated heterocycles. The minimum absolute atomic E-state index is 0.442. The molecule has 0 bridgehead atoms. The number of hydrogen-bond acceptors (Lipinski definition) is 3. The largest absolute Gasteiger partial charge is 0.476 e. The highest BCUT2D eigenvalue weighted by atomic mass is 28.4. The van der Waals surface area contributed by atoms with E-state index in [1.54, 1.807) is 7.11 Å². The van der Waals surface area contributed by atoms with Crippen LogP contribution in [0.2, 0.25) is 19.6 Å². The Labute approximate surface area is 68.3 Å². The Morgan fingerprint density at radius 1 is 1.10 bits per heavy atom. The summed E-state index contributed by atoms with van der Waals surface area (Å²) in [5.41, 5.74) is 0. The van der Waals surface area contributed by atoms with E-state index in [1.165, 1.54) is 0 Å². The summed E-state index contributed by atoms with van der Waals surface area (Å²) >= 11 is 0. The van der Waals surface area contributed by atoms with Crippen molar-refractivity contribution in [3.8, 4) is 0 Å². The van der Waals surface area contributed by atoms with E-state index in [4.69, 9.17) is 12.7 Å². The van der Waals surface area contributed by atoms with Gasteiger partial charge in [-0.2, -0.15) is 0 Å². The number of hydrogen-bond donors (Lipinski definition) is 0. The van der Waals surface area contributed by atoms with Gasteiger partial charge in [0.2, 0.25) is 19.5 Å². The second-order valence-corrected chi connectivity index (χ2v) is 6.26. The van der Waals surface area contributed by atoms with Gasteiger partial charge in [0.05, 0.1) is 0 Å². The molecule has 10 heavy (non-hydrogen) atoms. The summed E-state index contributed by atoms with van der Waals surface area (Å²) in [7, 11) is 0.317. The molecule has 0 atom stereocenters. The molecule has 0 aromatic carbocycles. The van der Waals surface area contributed by atoms with E-state index >= 15 is 0 Å². The van der Waals surface area contributed by atoms with Gasteiger partial charge in [0, 0.05) is 13.7 Å². The number of rotatable bonds is 5. The van der Waals surface area contributed by atoms with Gasteiger partial charge in [0.15, 0.2) is 0 Å². The predicted molar refractivity (Wildman–Crippen MR) is 44.0 cm³/mol. The van der Waals surface area contributed by atoms with Gasteiger partial charge in [-0.25, -0.2) is 0 Å². The first-order valence-corrected chi connectivity index (χ1v) is 7.97. The quantitative estimate of drug-likeness (QED) is 0.596. The smallest absolute Gasteiger partial charge is 0.416 e. The highest BCUT2D eigenvalue weighted by molar-refractivity contribution is 6.68. The van der Waals surface area contributed by atoms with Gasteiger partial charge in [-0.1, -0.05) is 0 Å². The Bertz CT molecular complexity index is 83.8. The molecule has 0 aliphatic heterocycles. The molecule has 0 heterocycles. The predicted octanol–water partition coefficient (Wildman–Crippen LogP) is 0.569. The average molecular weight is 192 g/mol. The van der Waals surface area contributed by atoms with E-state index in [-0.39, 0.29) is 0 Å². The second kappa shape index (κ2) is 5.22. The molecular weight excluding hydrogens is 180 g/mol. The standard InChI is InChI=1S/C4H12O3Si3/c1-5-10(4,6-8-2)7-9-3/h1-4H3. The molecule has 6 heteroatoms. The molecule has 0 N–H and O–H groups in total. The van der Waals surface area contributed by atoms with Crippen molar-refractivity contribution in [2.24, 2.45) is 0 Å². The van der Waals surface area contributed by atoms with E-state index in [0.717, 1.165) is 0 Å². The highest BCUT2D eigenvalue weighted by Gasteiger charge is 2.31. The van der Waals surface area contributed by atoms with Gasteiger partial charge in [-0.05, 0) is 13.1 Å². The molecule has 0 aliphatic rings. The van der Waals surface area contributed by atoms with E-state index in [9.17, 15) is 0 Å². The van der Waals surface area contributed by atoms with Crippen LogP contribution < -0.4 is 0 Å². The monoisotopic (exact) mass is 192 g/mol. The lowest BCUT2D eigenvalue weighted by Crippen LogP contribution is -2.42. The molecule has 0 fully saturated rings. The molecule has 0 saturated carbocycles.